The van der Waals surface area contributed by atoms with Crippen LogP contribution in [0.25, 0.3) is 0 Å². The lowest BCUT2D eigenvalue weighted by molar-refractivity contribution is -0.137. The highest BCUT2D eigenvalue weighted by Gasteiger charge is 2.33. The molecule has 33 heavy (non-hydrogen) atoms. The van der Waals surface area contributed by atoms with Crippen LogP contribution in [0.5, 0.6) is 5.75 Å². The van der Waals surface area contributed by atoms with Crippen molar-refractivity contribution in [1.29, 1.82) is 5.26 Å². The molecule has 0 spiro atoms. The number of hydrogen-bond donors (Lipinski definition) is 1. The van der Waals surface area contributed by atoms with Crippen molar-refractivity contribution >= 4 is 15.9 Å². The molecule has 1 aliphatic rings. The number of carbonyl (C=O) groups excluding carboxylic acids is 1. The summed E-state index contributed by atoms with van der Waals surface area (Å²) in [6.07, 6.45) is -3.75. The summed E-state index contributed by atoms with van der Waals surface area (Å²) in [5.74, 6) is -0.345. The summed E-state index contributed by atoms with van der Waals surface area (Å²) in [4.78, 5) is 12.3. The Morgan fingerprint density at radius 1 is 1.12 bits per heavy atom. The van der Waals surface area contributed by atoms with Gasteiger partial charge in [-0.05, 0) is 49.2 Å². The molecule has 2 aromatic carbocycles. The van der Waals surface area contributed by atoms with Crippen molar-refractivity contribution in [3.05, 3.63) is 59.7 Å². The number of rotatable bonds is 7. The van der Waals surface area contributed by atoms with E-state index >= 15 is 0 Å². The SMILES string of the molecule is N#Cc1ccccc1S(=O)(=O)N1CCC(C(=O)NCCOc2ccc(C(F)(F)F)cc2)CC1. The third kappa shape index (κ3) is 6.03. The first-order chi connectivity index (χ1) is 15.6. The summed E-state index contributed by atoms with van der Waals surface area (Å²) in [7, 11) is -3.83. The Hall–Kier alpha value is -3.10. The van der Waals surface area contributed by atoms with E-state index in [2.05, 4.69) is 5.32 Å². The van der Waals surface area contributed by atoms with Gasteiger partial charge in [0.2, 0.25) is 15.9 Å². The van der Waals surface area contributed by atoms with Gasteiger partial charge < -0.3 is 10.1 Å². The van der Waals surface area contributed by atoms with Gasteiger partial charge in [-0.3, -0.25) is 4.79 Å². The topological polar surface area (TPSA) is 99.5 Å². The van der Waals surface area contributed by atoms with E-state index in [1.807, 2.05) is 6.07 Å². The fraction of sp³-hybridized carbons (Fsp3) is 0.364. The van der Waals surface area contributed by atoms with Crippen LogP contribution < -0.4 is 10.1 Å². The molecule has 176 valence electrons. The lowest BCUT2D eigenvalue weighted by Gasteiger charge is -2.30. The van der Waals surface area contributed by atoms with Gasteiger partial charge >= 0.3 is 6.18 Å². The molecule has 11 heteroatoms. The van der Waals surface area contributed by atoms with Crippen LogP contribution in [0.1, 0.15) is 24.0 Å². The number of nitrogens with one attached hydrogen (secondary N) is 1. The van der Waals surface area contributed by atoms with Crippen LogP contribution in [0.15, 0.2) is 53.4 Å². The second-order valence-corrected chi connectivity index (χ2v) is 9.35. The van der Waals surface area contributed by atoms with Crippen LogP contribution in [0.4, 0.5) is 13.2 Å². The molecule has 0 aromatic heterocycles. The van der Waals surface area contributed by atoms with Crippen LogP contribution in [0.2, 0.25) is 0 Å². The average Bonchev–Trinajstić information content (AvgIpc) is 2.81. The van der Waals surface area contributed by atoms with Crippen molar-refractivity contribution in [1.82, 2.24) is 9.62 Å². The summed E-state index contributed by atoms with van der Waals surface area (Å²) in [6.45, 7) is 0.549. The largest absolute Gasteiger partial charge is 0.492 e. The average molecular weight is 481 g/mol. The molecule has 1 fully saturated rings. The van der Waals surface area contributed by atoms with E-state index in [0.29, 0.717) is 12.8 Å². The number of halogens is 3. The number of sulfonamides is 1. The predicted octanol–water partition coefficient (Wildman–Crippen LogP) is 3.17. The van der Waals surface area contributed by atoms with Gasteiger partial charge in [0.25, 0.3) is 0 Å². The Morgan fingerprint density at radius 2 is 1.76 bits per heavy atom. The van der Waals surface area contributed by atoms with Crippen LogP contribution in [0, 0.1) is 17.2 Å². The van der Waals surface area contributed by atoms with Crippen molar-refractivity contribution in [2.45, 2.75) is 23.9 Å². The first-order valence-corrected chi connectivity index (χ1v) is 11.6. The van der Waals surface area contributed by atoms with E-state index in [1.165, 1.54) is 28.6 Å². The molecule has 0 atom stereocenters. The fourth-order valence-electron chi connectivity index (χ4n) is 3.51. The zero-order valence-electron chi connectivity index (χ0n) is 17.5. The maximum absolute atomic E-state index is 12.9. The first kappa shape index (κ1) is 24.5. The Balaban J connectivity index is 1.45. The van der Waals surface area contributed by atoms with E-state index in [4.69, 9.17) is 4.74 Å². The highest BCUT2D eigenvalue weighted by Crippen LogP contribution is 2.30. The Labute approximate surface area is 189 Å². The molecule has 0 radical (unpaired) electrons. The molecule has 1 aliphatic heterocycles. The number of amides is 1. The molecular weight excluding hydrogens is 459 g/mol. The van der Waals surface area contributed by atoms with Crippen molar-refractivity contribution < 1.29 is 31.1 Å². The van der Waals surface area contributed by atoms with Crippen molar-refractivity contribution in [3.63, 3.8) is 0 Å². The normalized spacial score (nSPS) is 15.6. The molecule has 7 nitrogen and oxygen atoms in total. The number of nitrogens with zero attached hydrogens (tertiary/aromatic N) is 2. The Kier molecular flexibility index (Phi) is 7.61. The number of alkyl halides is 3. The molecule has 1 amide bonds. The minimum Gasteiger partial charge on any atom is -0.492 e. The predicted molar refractivity (Wildman–Crippen MR) is 113 cm³/mol. The minimum atomic E-state index is -4.42. The highest BCUT2D eigenvalue weighted by atomic mass is 32.2. The quantitative estimate of drug-likeness (QED) is 0.613. The van der Waals surface area contributed by atoms with Gasteiger partial charge in [-0.15, -0.1) is 0 Å². The fourth-order valence-corrected chi connectivity index (χ4v) is 5.12. The van der Waals surface area contributed by atoms with Crippen LogP contribution in [-0.4, -0.2) is 44.9 Å². The van der Waals surface area contributed by atoms with Gasteiger partial charge in [0.15, 0.2) is 0 Å². The second-order valence-electron chi connectivity index (χ2n) is 7.45. The molecule has 2 aromatic rings. The number of nitriles is 1. The standard InChI is InChI=1S/C22H22F3N3O4S/c23-22(24,25)18-5-7-19(8-6-18)32-14-11-27-21(29)16-9-12-28(13-10-16)33(30,31)20-4-2-1-3-17(20)15-26/h1-8,16H,9-14H2,(H,27,29). The maximum atomic E-state index is 12.9. The van der Waals surface area contributed by atoms with E-state index in [9.17, 15) is 31.6 Å². The van der Waals surface area contributed by atoms with Crippen LogP contribution in [-0.2, 0) is 21.0 Å². The summed E-state index contributed by atoms with van der Waals surface area (Å²) in [6, 6.07) is 12.1. The molecule has 1 heterocycles. The maximum Gasteiger partial charge on any atom is 0.416 e. The smallest absolute Gasteiger partial charge is 0.416 e. The van der Waals surface area contributed by atoms with E-state index < -0.39 is 21.8 Å². The molecule has 0 unspecified atom stereocenters. The van der Waals surface area contributed by atoms with Crippen LogP contribution >= 0.6 is 0 Å². The molecule has 0 aliphatic carbocycles. The third-order valence-electron chi connectivity index (χ3n) is 5.30. The Morgan fingerprint density at radius 3 is 2.36 bits per heavy atom. The lowest BCUT2D eigenvalue weighted by Crippen LogP contribution is -2.43. The third-order valence-corrected chi connectivity index (χ3v) is 7.26. The number of carbonyl (C=O) groups is 1. The Bertz CT molecular complexity index is 1120. The number of benzene rings is 2. The van der Waals surface area contributed by atoms with Gasteiger partial charge in [-0.2, -0.15) is 22.7 Å². The zero-order valence-corrected chi connectivity index (χ0v) is 18.3. The van der Waals surface area contributed by atoms with Crippen LogP contribution in [0.3, 0.4) is 0 Å². The molecule has 0 bridgehead atoms. The monoisotopic (exact) mass is 481 g/mol. The minimum absolute atomic E-state index is 0.0455. The van der Waals surface area contributed by atoms with Gasteiger partial charge in [0.05, 0.1) is 22.6 Å². The summed E-state index contributed by atoms with van der Waals surface area (Å²) in [5.41, 5.74) is -0.696. The zero-order chi connectivity index (χ0) is 24.1. The van der Waals surface area contributed by atoms with Crippen molar-refractivity contribution in [2.75, 3.05) is 26.2 Å². The molecular formula is C22H22F3N3O4S. The van der Waals surface area contributed by atoms with E-state index in [0.717, 1.165) is 12.1 Å². The molecule has 1 saturated heterocycles. The summed E-state index contributed by atoms with van der Waals surface area (Å²) >= 11 is 0. The molecule has 3 rings (SSSR count). The second kappa shape index (κ2) is 10.2. The van der Waals surface area contributed by atoms with Crippen molar-refractivity contribution in [3.8, 4) is 11.8 Å². The highest BCUT2D eigenvalue weighted by molar-refractivity contribution is 7.89. The summed E-state index contributed by atoms with van der Waals surface area (Å²) in [5, 5.41) is 11.9. The lowest BCUT2D eigenvalue weighted by atomic mass is 9.97. The van der Waals surface area contributed by atoms with Gasteiger partial charge in [-0.1, -0.05) is 12.1 Å². The van der Waals surface area contributed by atoms with Gasteiger partial charge in [0, 0.05) is 19.0 Å². The van der Waals surface area contributed by atoms with Gasteiger partial charge in [0.1, 0.15) is 18.4 Å². The molecule has 1 N–H and O–H groups in total. The van der Waals surface area contributed by atoms with Crippen molar-refractivity contribution in [2.24, 2.45) is 5.92 Å². The number of piperidine rings is 1. The van der Waals surface area contributed by atoms with E-state index in [1.54, 1.807) is 12.1 Å². The summed E-state index contributed by atoms with van der Waals surface area (Å²) < 4.78 is 70.0. The number of hydrogen-bond acceptors (Lipinski definition) is 5. The van der Waals surface area contributed by atoms with E-state index in [-0.39, 0.29) is 54.3 Å². The first-order valence-electron chi connectivity index (χ1n) is 10.2. The molecule has 0 saturated carbocycles. The number of ether oxygens (including phenoxy) is 1. The van der Waals surface area contributed by atoms with Gasteiger partial charge in [-0.25, -0.2) is 8.42 Å².